The number of hydrogen-bond donors (Lipinski definition) is 2. The van der Waals surface area contributed by atoms with Crippen molar-refractivity contribution >= 4 is 16.9 Å². The number of benzene rings is 1. The largest absolute Gasteiger partial charge is 0.478 e. The summed E-state index contributed by atoms with van der Waals surface area (Å²) in [6.45, 7) is 3.01. The molecule has 1 aliphatic heterocycles. The number of aromatic nitrogens is 2. The van der Waals surface area contributed by atoms with Crippen molar-refractivity contribution in [2.75, 3.05) is 19.6 Å². The van der Waals surface area contributed by atoms with Crippen LogP contribution in [0, 0.1) is 0 Å². The third-order valence-electron chi connectivity index (χ3n) is 4.32. The summed E-state index contributed by atoms with van der Waals surface area (Å²) in [6, 6.07) is 4.14. The fraction of sp³-hybridized carbons (Fsp3) is 0.438. The number of carboxylic acids is 1. The molecule has 0 unspecified atom stereocenters. The lowest BCUT2D eigenvalue weighted by Crippen LogP contribution is -2.40. The molecule has 23 heavy (non-hydrogen) atoms. The number of nitrogens with one attached hydrogen (secondary N) is 1. The highest BCUT2D eigenvalue weighted by atomic mass is 16.4. The van der Waals surface area contributed by atoms with Crippen molar-refractivity contribution in [3.63, 3.8) is 0 Å². The van der Waals surface area contributed by atoms with E-state index < -0.39 is 11.7 Å². The minimum Gasteiger partial charge on any atom is -0.478 e. The van der Waals surface area contributed by atoms with Gasteiger partial charge in [0.05, 0.1) is 16.5 Å². The molecular formula is C16H19N3O4. The highest BCUT2D eigenvalue weighted by Crippen LogP contribution is 2.10. The first-order valence-electron chi connectivity index (χ1n) is 7.79. The van der Waals surface area contributed by atoms with Crippen LogP contribution in [0.1, 0.15) is 29.6 Å². The maximum Gasteiger partial charge on any atom is 0.335 e. The van der Waals surface area contributed by atoms with E-state index in [0.717, 1.165) is 25.9 Å². The molecule has 2 aromatic rings. The Morgan fingerprint density at radius 3 is 2.57 bits per heavy atom. The van der Waals surface area contributed by atoms with Crippen LogP contribution in [0.4, 0.5) is 0 Å². The molecule has 1 aliphatic rings. The van der Waals surface area contributed by atoms with E-state index in [1.54, 1.807) is 0 Å². The van der Waals surface area contributed by atoms with Crippen molar-refractivity contribution in [2.45, 2.75) is 25.8 Å². The number of aromatic carboxylic acids is 1. The van der Waals surface area contributed by atoms with Gasteiger partial charge >= 0.3 is 11.7 Å². The summed E-state index contributed by atoms with van der Waals surface area (Å²) in [5.74, 6) is -1.10. The second kappa shape index (κ2) is 6.37. The average molecular weight is 317 g/mol. The Bertz CT molecular complexity index is 847. The van der Waals surface area contributed by atoms with Gasteiger partial charge in [-0.15, -0.1) is 0 Å². The Morgan fingerprint density at radius 1 is 1.13 bits per heavy atom. The molecule has 2 heterocycles. The van der Waals surface area contributed by atoms with Crippen molar-refractivity contribution in [2.24, 2.45) is 0 Å². The second-order valence-corrected chi connectivity index (χ2v) is 5.85. The first-order chi connectivity index (χ1) is 11.1. The van der Waals surface area contributed by atoms with Gasteiger partial charge in [-0.25, -0.2) is 9.59 Å². The molecule has 2 N–H and O–H groups in total. The fourth-order valence-corrected chi connectivity index (χ4v) is 3.02. The zero-order valence-corrected chi connectivity index (χ0v) is 12.7. The minimum atomic E-state index is -1.10. The first-order valence-corrected chi connectivity index (χ1v) is 7.79. The lowest BCUT2D eigenvalue weighted by atomic mass is 10.1. The van der Waals surface area contributed by atoms with Crippen LogP contribution in [-0.2, 0) is 6.54 Å². The number of aromatic amines is 1. The normalized spacial score (nSPS) is 15.8. The predicted octanol–water partition coefficient (Wildman–Crippen LogP) is 0.874. The van der Waals surface area contributed by atoms with E-state index in [-0.39, 0.29) is 16.6 Å². The van der Waals surface area contributed by atoms with Crippen molar-refractivity contribution < 1.29 is 9.90 Å². The molecule has 122 valence electrons. The molecule has 1 fully saturated rings. The number of hydrogen-bond acceptors (Lipinski definition) is 4. The average Bonchev–Trinajstić information content (AvgIpc) is 2.55. The van der Waals surface area contributed by atoms with E-state index in [1.165, 1.54) is 29.2 Å². The molecule has 1 aromatic carbocycles. The second-order valence-electron chi connectivity index (χ2n) is 5.85. The molecule has 1 aromatic heterocycles. The SMILES string of the molecule is O=C(O)c1ccc2c(=O)n(CCN3CCCCC3)c(=O)[nH]c2c1. The number of carbonyl (C=O) groups is 1. The van der Waals surface area contributed by atoms with Gasteiger partial charge in [0.2, 0.25) is 0 Å². The Hall–Kier alpha value is -2.41. The lowest BCUT2D eigenvalue weighted by Gasteiger charge is -2.26. The van der Waals surface area contributed by atoms with Crippen LogP contribution in [0.15, 0.2) is 27.8 Å². The van der Waals surface area contributed by atoms with E-state index in [0.29, 0.717) is 18.5 Å². The Labute approximate surface area is 132 Å². The summed E-state index contributed by atoms with van der Waals surface area (Å²) in [5.41, 5.74) is -0.576. The molecule has 3 rings (SSSR count). The Kier molecular flexibility index (Phi) is 4.29. The van der Waals surface area contributed by atoms with Crippen molar-refractivity contribution in [3.8, 4) is 0 Å². The van der Waals surface area contributed by atoms with Crippen molar-refractivity contribution in [3.05, 3.63) is 44.6 Å². The zero-order chi connectivity index (χ0) is 16.4. The highest BCUT2D eigenvalue weighted by molar-refractivity contribution is 5.92. The quantitative estimate of drug-likeness (QED) is 0.872. The highest BCUT2D eigenvalue weighted by Gasteiger charge is 2.13. The topological polar surface area (TPSA) is 95.4 Å². The lowest BCUT2D eigenvalue weighted by molar-refractivity contribution is 0.0697. The van der Waals surface area contributed by atoms with Gasteiger partial charge in [0.15, 0.2) is 0 Å². The molecule has 0 saturated carbocycles. The van der Waals surface area contributed by atoms with Crippen LogP contribution in [-0.4, -0.2) is 45.2 Å². The third kappa shape index (κ3) is 3.19. The van der Waals surface area contributed by atoms with Crippen LogP contribution in [0.3, 0.4) is 0 Å². The molecule has 0 bridgehead atoms. The maximum absolute atomic E-state index is 12.5. The Balaban J connectivity index is 1.91. The molecular weight excluding hydrogens is 298 g/mol. The van der Waals surface area contributed by atoms with E-state index >= 15 is 0 Å². The summed E-state index contributed by atoms with van der Waals surface area (Å²) in [7, 11) is 0. The van der Waals surface area contributed by atoms with Crippen molar-refractivity contribution in [1.29, 1.82) is 0 Å². The summed E-state index contributed by atoms with van der Waals surface area (Å²) in [6.07, 6.45) is 3.54. The number of carboxylic acid groups (broad SMARTS) is 1. The van der Waals surface area contributed by atoms with Crippen LogP contribution < -0.4 is 11.2 Å². The summed E-state index contributed by atoms with van der Waals surface area (Å²) >= 11 is 0. The number of fused-ring (bicyclic) bond motifs is 1. The third-order valence-corrected chi connectivity index (χ3v) is 4.32. The molecule has 7 heteroatoms. The van der Waals surface area contributed by atoms with Gasteiger partial charge in [0.25, 0.3) is 5.56 Å². The summed E-state index contributed by atoms with van der Waals surface area (Å²) in [5, 5.41) is 9.31. The fourth-order valence-electron chi connectivity index (χ4n) is 3.02. The monoisotopic (exact) mass is 317 g/mol. The number of nitrogens with zero attached hydrogens (tertiary/aromatic N) is 2. The van der Waals surface area contributed by atoms with Gasteiger partial charge in [-0.2, -0.15) is 0 Å². The Morgan fingerprint density at radius 2 is 1.87 bits per heavy atom. The van der Waals surface area contributed by atoms with Crippen LogP contribution in [0.2, 0.25) is 0 Å². The molecule has 0 amide bonds. The van der Waals surface area contributed by atoms with E-state index in [9.17, 15) is 14.4 Å². The van der Waals surface area contributed by atoms with Gasteiger partial charge < -0.3 is 15.0 Å². The molecule has 0 spiro atoms. The van der Waals surface area contributed by atoms with Gasteiger partial charge in [0, 0.05) is 13.1 Å². The van der Waals surface area contributed by atoms with Gasteiger partial charge in [0.1, 0.15) is 0 Å². The van der Waals surface area contributed by atoms with E-state index in [4.69, 9.17) is 5.11 Å². The minimum absolute atomic E-state index is 0.0404. The van der Waals surface area contributed by atoms with Crippen LogP contribution >= 0.6 is 0 Å². The summed E-state index contributed by atoms with van der Waals surface area (Å²) in [4.78, 5) is 40.5. The standard InChI is InChI=1S/C16H19N3O4/c20-14-12-5-4-11(15(21)22)10-13(12)17-16(23)19(14)9-8-18-6-2-1-3-7-18/h4-5,10H,1-3,6-9H2,(H,17,23)(H,21,22). The first kappa shape index (κ1) is 15.5. The number of piperidine rings is 1. The van der Waals surface area contributed by atoms with Gasteiger partial charge in [-0.3, -0.25) is 9.36 Å². The van der Waals surface area contributed by atoms with Crippen LogP contribution in [0.25, 0.3) is 10.9 Å². The molecule has 0 atom stereocenters. The molecule has 1 saturated heterocycles. The summed E-state index contributed by atoms with van der Waals surface area (Å²) < 4.78 is 1.19. The predicted molar refractivity (Wildman–Crippen MR) is 86.1 cm³/mol. The number of likely N-dealkylation sites (tertiary alicyclic amines) is 1. The molecule has 0 radical (unpaired) electrons. The van der Waals surface area contributed by atoms with Gasteiger partial charge in [-0.05, 0) is 44.1 Å². The number of rotatable bonds is 4. The van der Waals surface area contributed by atoms with E-state index in [1.807, 2.05) is 0 Å². The number of H-pyrrole nitrogens is 1. The smallest absolute Gasteiger partial charge is 0.335 e. The van der Waals surface area contributed by atoms with Gasteiger partial charge in [-0.1, -0.05) is 6.42 Å². The molecule has 7 nitrogen and oxygen atoms in total. The van der Waals surface area contributed by atoms with Crippen LogP contribution in [0.5, 0.6) is 0 Å². The maximum atomic E-state index is 12.5. The van der Waals surface area contributed by atoms with Crippen molar-refractivity contribution in [1.82, 2.24) is 14.5 Å². The molecule has 0 aliphatic carbocycles. The van der Waals surface area contributed by atoms with E-state index in [2.05, 4.69) is 9.88 Å². The zero-order valence-electron chi connectivity index (χ0n) is 12.7.